The van der Waals surface area contributed by atoms with Gasteiger partial charge in [-0.15, -0.1) is 0 Å². The van der Waals surface area contributed by atoms with E-state index in [0.29, 0.717) is 17.9 Å². The Morgan fingerprint density at radius 3 is 2.64 bits per heavy atom. The molecule has 0 saturated heterocycles. The number of benzene rings is 1. The fraction of sp³-hybridized carbons (Fsp3) is 0.0556. The number of nitrogens with one attached hydrogen (secondary N) is 1. The van der Waals surface area contributed by atoms with Crippen LogP contribution in [0.15, 0.2) is 67.5 Å². The second kappa shape index (κ2) is 6.12. The lowest BCUT2D eigenvalue weighted by Gasteiger charge is -2.12. The largest absolute Gasteiger partial charge is 0.476 e. The predicted molar refractivity (Wildman–Crippen MR) is 93.0 cm³/mol. The van der Waals surface area contributed by atoms with Gasteiger partial charge in [0.15, 0.2) is 5.69 Å². The first kappa shape index (κ1) is 14.9. The summed E-state index contributed by atoms with van der Waals surface area (Å²) in [6, 6.07) is 11.5. The summed E-state index contributed by atoms with van der Waals surface area (Å²) in [5.41, 5.74) is 3.40. The molecule has 0 aliphatic heterocycles. The van der Waals surface area contributed by atoms with Gasteiger partial charge in [-0.2, -0.15) is 0 Å². The number of carbonyl (C=O) groups is 1. The number of hydrogen-bond acceptors (Lipinski definition) is 4. The first-order valence-corrected chi connectivity index (χ1v) is 7.73. The van der Waals surface area contributed by atoms with Crippen LogP contribution in [0.25, 0.3) is 11.3 Å². The van der Waals surface area contributed by atoms with Crippen molar-refractivity contribution in [3.05, 3.63) is 78.8 Å². The quantitative estimate of drug-likeness (QED) is 0.587. The van der Waals surface area contributed by atoms with Crippen molar-refractivity contribution in [1.29, 1.82) is 0 Å². The molecular formula is C18H15N5O2. The fourth-order valence-electron chi connectivity index (χ4n) is 2.75. The van der Waals surface area contributed by atoms with E-state index in [9.17, 15) is 9.90 Å². The number of carboxylic acid groups (broad SMARTS) is 1. The van der Waals surface area contributed by atoms with Crippen LogP contribution >= 0.6 is 0 Å². The molecule has 0 atom stereocenters. The van der Waals surface area contributed by atoms with E-state index in [2.05, 4.69) is 15.3 Å². The van der Waals surface area contributed by atoms with E-state index >= 15 is 0 Å². The number of hydrogen-bond donors (Lipinski definition) is 2. The molecule has 0 unspecified atom stereocenters. The van der Waals surface area contributed by atoms with Crippen molar-refractivity contribution in [2.75, 3.05) is 5.32 Å². The molecule has 3 heterocycles. The summed E-state index contributed by atoms with van der Waals surface area (Å²) in [6.07, 6.45) is 8.58. The maximum absolute atomic E-state index is 11.6. The van der Waals surface area contributed by atoms with Crippen LogP contribution in [0.3, 0.4) is 0 Å². The number of aromatic carboxylic acids is 1. The molecule has 0 fully saturated rings. The Bertz CT molecular complexity index is 1020. The Morgan fingerprint density at radius 1 is 1.08 bits per heavy atom. The third-order valence-electron chi connectivity index (χ3n) is 3.99. The molecule has 0 saturated carbocycles. The van der Waals surface area contributed by atoms with Gasteiger partial charge in [-0.05, 0) is 29.8 Å². The molecule has 25 heavy (non-hydrogen) atoms. The number of carboxylic acids is 1. The highest BCUT2D eigenvalue weighted by atomic mass is 16.4. The molecule has 0 amide bonds. The Kier molecular flexibility index (Phi) is 3.66. The molecule has 7 nitrogen and oxygen atoms in total. The summed E-state index contributed by atoms with van der Waals surface area (Å²) in [5, 5.41) is 12.7. The zero-order valence-electron chi connectivity index (χ0n) is 13.2. The molecule has 0 spiro atoms. The van der Waals surface area contributed by atoms with Gasteiger partial charge in [-0.25, -0.2) is 14.8 Å². The molecule has 0 aliphatic rings. The number of fused-ring (bicyclic) bond motifs is 1. The number of aromatic nitrogens is 4. The van der Waals surface area contributed by atoms with Crippen molar-refractivity contribution in [2.24, 2.45) is 0 Å². The maximum atomic E-state index is 11.6. The topological polar surface area (TPSA) is 84.5 Å². The minimum atomic E-state index is -0.999. The van der Waals surface area contributed by atoms with E-state index in [4.69, 9.17) is 0 Å². The predicted octanol–water partition coefficient (Wildman–Crippen LogP) is 2.83. The van der Waals surface area contributed by atoms with E-state index in [1.165, 1.54) is 0 Å². The minimum Gasteiger partial charge on any atom is -0.476 e. The van der Waals surface area contributed by atoms with E-state index in [-0.39, 0.29) is 5.69 Å². The molecule has 0 aliphatic carbocycles. The van der Waals surface area contributed by atoms with Crippen LogP contribution < -0.4 is 5.32 Å². The van der Waals surface area contributed by atoms with Gasteiger partial charge in [-0.3, -0.25) is 4.40 Å². The monoisotopic (exact) mass is 333 g/mol. The summed E-state index contributed by atoms with van der Waals surface area (Å²) >= 11 is 0. The number of imidazole rings is 2. The van der Waals surface area contributed by atoms with Gasteiger partial charge in [-0.1, -0.05) is 12.1 Å². The summed E-state index contributed by atoms with van der Waals surface area (Å²) < 4.78 is 3.49. The van der Waals surface area contributed by atoms with Crippen LogP contribution in [0.1, 0.15) is 16.1 Å². The number of anilines is 1. The Hall–Kier alpha value is -3.61. The minimum absolute atomic E-state index is 0.171. The average molecular weight is 333 g/mol. The molecule has 7 heteroatoms. The summed E-state index contributed by atoms with van der Waals surface area (Å²) in [4.78, 5) is 19.8. The van der Waals surface area contributed by atoms with Crippen LogP contribution in [-0.4, -0.2) is 30.0 Å². The van der Waals surface area contributed by atoms with E-state index < -0.39 is 5.97 Å². The highest BCUT2D eigenvalue weighted by molar-refractivity contribution is 5.93. The molecule has 4 aromatic rings. The highest BCUT2D eigenvalue weighted by Gasteiger charge is 2.14. The van der Waals surface area contributed by atoms with Crippen molar-refractivity contribution in [1.82, 2.24) is 18.9 Å². The highest BCUT2D eigenvalue weighted by Crippen LogP contribution is 2.19. The van der Waals surface area contributed by atoms with Crippen molar-refractivity contribution in [2.45, 2.75) is 6.54 Å². The van der Waals surface area contributed by atoms with Crippen molar-refractivity contribution in [3.63, 3.8) is 0 Å². The van der Waals surface area contributed by atoms with Gasteiger partial charge in [0.05, 0.1) is 12.0 Å². The Morgan fingerprint density at radius 2 is 1.92 bits per heavy atom. The summed E-state index contributed by atoms with van der Waals surface area (Å²) in [5.74, 6) is -0.999. The second-order valence-electron chi connectivity index (χ2n) is 5.55. The molecule has 0 bridgehead atoms. The summed E-state index contributed by atoms with van der Waals surface area (Å²) in [7, 11) is 0. The van der Waals surface area contributed by atoms with Crippen LogP contribution in [-0.2, 0) is 6.54 Å². The standard InChI is InChI=1S/C18H15N5O2/c24-18(25)17-15(5-6-16-20-8-10-23(16)17)21-11-13-1-3-14(4-2-13)22-9-7-19-12-22/h1-10,12,21H,11H2,(H,24,25). The normalized spacial score (nSPS) is 10.9. The molecular weight excluding hydrogens is 318 g/mol. The molecule has 0 radical (unpaired) electrons. The molecule has 124 valence electrons. The van der Waals surface area contributed by atoms with Gasteiger partial charge in [0, 0.05) is 37.0 Å². The van der Waals surface area contributed by atoms with Crippen LogP contribution in [0, 0.1) is 0 Å². The molecule has 3 aromatic heterocycles. The Labute approximate surface area is 143 Å². The first-order chi connectivity index (χ1) is 12.2. The third kappa shape index (κ3) is 2.83. The van der Waals surface area contributed by atoms with Crippen molar-refractivity contribution < 1.29 is 9.90 Å². The van der Waals surface area contributed by atoms with Gasteiger partial charge in [0.2, 0.25) is 0 Å². The zero-order valence-corrected chi connectivity index (χ0v) is 13.2. The lowest BCUT2D eigenvalue weighted by molar-refractivity contribution is 0.0690. The Balaban J connectivity index is 1.56. The zero-order chi connectivity index (χ0) is 17.2. The van der Waals surface area contributed by atoms with Gasteiger partial charge >= 0.3 is 5.97 Å². The smallest absolute Gasteiger partial charge is 0.355 e. The van der Waals surface area contributed by atoms with Crippen molar-refractivity contribution in [3.8, 4) is 5.69 Å². The van der Waals surface area contributed by atoms with Crippen LogP contribution in [0.4, 0.5) is 5.69 Å². The SMILES string of the molecule is O=C(O)c1c(NCc2ccc(-n3ccnc3)cc2)ccc2nccn12. The van der Waals surface area contributed by atoms with E-state index in [1.54, 1.807) is 41.5 Å². The number of nitrogens with zero attached hydrogens (tertiary/aromatic N) is 4. The van der Waals surface area contributed by atoms with Crippen molar-refractivity contribution >= 4 is 17.3 Å². The van der Waals surface area contributed by atoms with Crippen LogP contribution in [0.5, 0.6) is 0 Å². The fourth-order valence-corrected chi connectivity index (χ4v) is 2.75. The number of rotatable bonds is 5. The molecule has 2 N–H and O–H groups in total. The lowest BCUT2D eigenvalue weighted by Crippen LogP contribution is -2.11. The third-order valence-corrected chi connectivity index (χ3v) is 3.99. The van der Waals surface area contributed by atoms with E-state index in [1.807, 2.05) is 35.0 Å². The van der Waals surface area contributed by atoms with Crippen LogP contribution in [0.2, 0.25) is 0 Å². The molecule has 4 rings (SSSR count). The van der Waals surface area contributed by atoms with Gasteiger partial charge in [0.25, 0.3) is 0 Å². The first-order valence-electron chi connectivity index (χ1n) is 7.73. The summed E-state index contributed by atoms with van der Waals surface area (Å²) in [6.45, 7) is 0.519. The van der Waals surface area contributed by atoms with E-state index in [0.717, 1.165) is 11.3 Å². The van der Waals surface area contributed by atoms with Gasteiger partial charge < -0.3 is 15.0 Å². The number of pyridine rings is 1. The lowest BCUT2D eigenvalue weighted by atomic mass is 10.2. The maximum Gasteiger partial charge on any atom is 0.355 e. The second-order valence-corrected chi connectivity index (χ2v) is 5.55. The average Bonchev–Trinajstić information content (AvgIpc) is 3.31. The van der Waals surface area contributed by atoms with Gasteiger partial charge in [0.1, 0.15) is 5.65 Å². The molecule has 1 aromatic carbocycles.